The van der Waals surface area contributed by atoms with Crippen molar-refractivity contribution in [3.05, 3.63) is 59.1 Å². The van der Waals surface area contributed by atoms with Crippen LogP contribution < -0.4 is 15.8 Å². The molecule has 0 radical (unpaired) electrons. The van der Waals surface area contributed by atoms with Gasteiger partial charge in [0.1, 0.15) is 5.75 Å². The Morgan fingerprint density at radius 3 is 2.42 bits per heavy atom. The fourth-order valence-electron chi connectivity index (χ4n) is 1.74. The van der Waals surface area contributed by atoms with Crippen LogP contribution in [0.3, 0.4) is 0 Å². The van der Waals surface area contributed by atoms with Crippen molar-refractivity contribution in [2.45, 2.75) is 12.9 Å². The Morgan fingerprint density at radius 2 is 1.83 bits per heavy atom. The van der Waals surface area contributed by atoms with Crippen molar-refractivity contribution in [1.29, 1.82) is 0 Å². The average Bonchev–Trinajstić information content (AvgIpc) is 2.46. The van der Waals surface area contributed by atoms with Crippen LogP contribution in [0.25, 0.3) is 0 Å². The van der Waals surface area contributed by atoms with Gasteiger partial charge >= 0.3 is 6.36 Å². The molecule has 0 aliphatic carbocycles. The zero-order valence-corrected chi connectivity index (χ0v) is 15.3. The van der Waals surface area contributed by atoms with E-state index in [1.807, 2.05) is 6.07 Å². The molecule has 3 N–H and O–H groups in total. The summed E-state index contributed by atoms with van der Waals surface area (Å²) in [6.07, 6.45) is -4.72. The largest absolute Gasteiger partial charge is 0.573 e. The Hall–Kier alpha value is -1.68. The molecular formula is C15H14ClF3IN3O. The zero-order valence-electron chi connectivity index (χ0n) is 12.2. The van der Waals surface area contributed by atoms with Crippen LogP contribution in [0.2, 0.25) is 5.02 Å². The van der Waals surface area contributed by atoms with E-state index >= 15 is 0 Å². The Kier molecular flexibility index (Phi) is 7.61. The number of anilines is 1. The molecule has 0 fully saturated rings. The average molecular weight is 472 g/mol. The number of hydrogen-bond donors (Lipinski definition) is 2. The summed E-state index contributed by atoms with van der Waals surface area (Å²) in [6.45, 7) is 0.328. The van der Waals surface area contributed by atoms with Crippen LogP contribution in [-0.4, -0.2) is 12.3 Å². The molecule has 0 aliphatic heterocycles. The van der Waals surface area contributed by atoms with Crippen molar-refractivity contribution in [2.75, 3.05) is 5.32 Å². The highest BCUT2D eigenvalue weighted by molar-refractivity contribution is 14.0. The van der Waals surface area contributed by atoms with E-state index < -0.39 is 6.36 Å². The second-order valence-corrected chi connectivity index (χ2v) is 4.97. The molecular weight excluding hydrogens is 458 g/mol. The minimum Gasteiger partial charge on any atom is -0.406 e. The number of ether oxygens (including phenoxy) is 1. The maximum absolute atomic E-state index is 12.1. The predicted molar refractivity (Wildman–Crippen MR) is 98.9 cm³/mol. The number of benzene rings is 2. The molecule has 0 amide bonds. The lowest BCUT2D eigenvalue weighted by Crippen LogP contribution is -2.22. The number of hydrogen-bond acceptors (Lipinski definition) is 2. The van der Waals surface area contributed by atoms with Gasteiger partial charge in [0, 0.05) is 10.7 Å². The first-order chi connectivity index (χ1) is 10.8. The molecule has 0 unspecified atom stereocenters. The van der Waals surface area contributed by atoms with Crippen LogP contribution in [0.5, 0.6) is 5.75 Å². The van der Waals surface area contributed by atoms with Crippen molar-refractivity contribution < 1.29 is 17.9 Å². The molecule has 2 aromatic carbocycles. The number of halogens is 5. The molecule has 24 heavy (non-hydrogen) atoms. The second kappa shape index (κ2) is 8.97. The number of guanidine groups is 1. The molecule has 0 heterocycles. The minimum atomic E-state index is -4.72. The molecule has 0 saturated carbocycles. The van der Waals surface area contributed by atoms with Gasteiger partial charge in [0.25, 0.3) is 0 Å². The summed E-state index contributed by atoms with van der Waals surface area (Å²) in [6, 6.07) is 12.3. The standard InChI is InChI=1S/C15H13ClF3N3O.HI/c16-11-3-1-2-10(8-11)9-21-14(20)22-12-4-6-13(7-5-12)23-15(17,18)19;/h1-8H,9H2,(H3,20,21,22);1H. The second-order valence-electron chi connectivity index (χ2n) is 4.53. The first-order valence-electron chi connectivity index (χ1n) is 6.49. The third-order valence-electron chi connectivity index (χ3n) is 2.68. The number of nitrogens with two attached hydrogens (primary N) is 1. The van der Waals surface area contributed by atoms with Gasteiger partial charge in [-0.2, -0.15) is 0 Å². The molecule has 0 bridgehead atoms. The van der Waals surface area contributed by atoms with Crippen molar-refractivity contribution in [3.63, 3.8) is 0 Å². The van der Waals surface area contributed by atoms with Crippen molar-refractivity contribution in [2.24, 2.45) is 10.7 Å². The van der Waals surface area contributed by atoms with Crippen LogP contribution in [-0.2, 0) is 6.54 Å². The lowest BCUT2D eigenvalue weighted by molar-refractivity contribution is -0.274. The highest BCUT2D eigenvalue weighted by atomic mass is 127. The van der Waals surface area contributed by atoms with Crippen molar-refractivity contribution >= 4 is 47.2 Å². The number of rotatable bonds is 4. The number of nitrogens with zero attached hydrogens (tertiary/aromatic N) is 1. The van der Waals surface area contributed by atoms with E-state index in [-0.39, 0.29) is 35.7 Å². The lowest BCUT2D eigenvalue weighted by Gasteiger charge is -2.10. The fourth-order valence-corrected chi connectivity index (χ4v) is 1.95. The molecule has 0 aliphatic rings. The van der Waals surface area contributed by atoms with Crippen LogP contribution in [0.4, 0.5) is 18.9 Å². The van der Waals surface area contributed by atoms with Gasteiger partial charge in [-0.1, -0.05) is 23.7 Å². The monoisotopic (exact) mass is 471 g/mol. The fraction of sp³-hybridized carbons (Fsp3) is 0.133. The van der Waals surface area contributed by atoms with Crippen LogP contribution in [0.15, 0.2) is 53.5 Å². The summed E-state index contributed by atoms with van der Waals surface area (Å²) in [4.78, 5) is 4.13. The first kappa shape index (κ1) is 20.4. The van der Waals surface area contributed by atoms with E-state index in [4.69, 9.17) is 17.3 Å². The van der Waals surface area contributed by atoms with Gasteiger partial charge in [-0.25, -0.2) is 4.99 Å². The zero-order chi connectivity index (χ0) is 16.9. The molecule has 0 saturated heterocycles. The van der Waals surface area contributed by atoms with Gasteiger partial charge in [-0.05, 0) is 42.0 Å². The molecule has 2 aromatic rings. The summed E-state index contributed by atoms with van der Waals surface area (Å²) in [7, 11) is 0. The maximum atomic E-state index is 12.1. The highest BCUT2D eigenvalue weighted by Crippen LogP contribution is 2.23. The van der Waals surface area contributed by atoms with Gasteiger partial charge in [-0.15, -0.1) is 37.1 Å². The normalized spacial score (nSPS) is 11.6. The van der Waals surface area contributed by atoms with E-state index in [1.54, 1.807) is 18.2 Å². The SMILES string of the molecule is I.NC(=NCc1cccc(Cl)c1)Nc1ccc(OC(F)(F)F)cc1. The Balaban J connectivity index is 0.00000288. The number of alkyl halides is 3. The molecule has 0 atom stereocenters. The number of nitrogens with one attached hydrogen (secondary N) is 1. The molecule has 4 nitrogen and oxygen atoms in total. The van der Waals surface area contributed by atoms with E-state index in [0.717, 1.165) is 5.56 Å². The quantitative estimate of drug-likeness (QED) is 0.383. The minimum absolute atomic E-state index is 0. The smallest absolute Gasteiger partial charge is 0.406 e. The molecule has 0 spiro atoms. The highest BCUT2D eigenvalue weighted by Gasteiger charge is 2.30. The topological polar surface area (TPSA) is 59.6 Å². The van der Waals surface area contributed by atoms with Crippen LogP contribution in [0.1, 0.15) is 5.56 Å². The summed E-state index contributed by atoms with van der Waals surface area (Å²) in [5.74, 6) is -0.174. The summed E-state index contributed by atoms with van der Waals surface area (Å²) in [5, 5.41) is 3.38. The summed E-state index contributed by atoms with van der Waals surface area (Å²) >= 11 is 5.86. The van der Waals surface area contributed by atoms with Gasteiger partial charge in [-0.3, -0.25) is 0 Å². The van der Waals surface area contributed by atoms with E-state index in [2.05, 4.69) is 15.0 Å². The molecule has 2 rings (SSSR count). The third kappa shape index (κ3) is 7.26. The van der Waals surface area contributed by atoms with Gasteiger partial charge in [0.2, 0.25) is 0 Å². The van der Waals surface area contributed by atoms with Crippen molar-refractivity contribution in [3.8, 4) is 5.75 Å². The third-order valence-corrected chi connectivity index (χ3v) is 2.92. The molecule has 130 valence electrons. The van der Waals surface area contributed by atoms with Crippen LogP contribution >= 0.6 is 35.6 Å². The van der Waals surface area contributed by atoms with E-state index in [0.29, 0.717) is 17.3 Å². The molecule has 9 heteroatoms. The lowest BCUT2D eigenvalue weighted by atomic mass is 10.2. The van der Waals surface area contributed by atoms with Gasteiger partial charge < -0.3 is 15.8 Å². The summed E-state index contributed by atoms with van der Waals surface area (Å²) < 4.78 is 39.9. The molecule has 0 aromatic heterocycles. The Morgan fingerprint density at radius 1 is 1.17 bits per heavy atom. The number of aliphatic imine (C=N–C) groups is 1. The van der Waals surface area contributed by atoms with Crippen LogP contribution in [0, 0.1) is 0 Å². The summed E-state index contributed by atoms with van der Waals surface area (Å²) in [5.41, 5.74) is 7.10. The first-order valence-corrected chi connectivity index (χ1v) is 6.87. The van der Waals surface area contributed by atoms with E-state index in [9.17, 15) is 13.2 Å². The maximum Gasteiger partial charge on any atom is 0.573 e. The predicted octanol–water partition coefficient (Wildman–Crippen LogP) is 4.78. The Labute approximate surface area is 158 Å². The van der Waals surface area contributed by atoms with Gasteiger partial charge in [0.15, 0.2) is 5.96 Å². The van der Waals surface area contributed by atoms with E-state index in [1.165, 1.54) is 24.3 Å². The van der Waals surface area contributed by atoms with Gasteiger partial charge in [0.05, 0.1) is 6.54 Å². The van der Waals surface area contributed by atoms with Crippen molar-refractivity contribution in [1.82, 2.24) is 0 Å². The Bertz CT molecular complexity index is 693.